The smallest absolute Gasteiger partial charge is 0.307 e. The van der Waals surface area contributed by atoms with E-state index in [1.807, 2.05) is 0 Å². The molecule has 0 radical (unpaired) electrons. The minimum absolute atomic E-state index is 0.0147. The summed E-state index contributed by atoms with van der Waals surface area (Å²) < 4.78 is 6.01. The van der Waals surface area contributed by atoms with Crippen molar-refractivity contribution < 1.29 is 14.3 Å². The van der Waals surface area contributed by atoms with Gasteiger partial charge in [0.1, 0.15) is 11.9 Å². The number of rotatable bonds is 4. The van der Waals surface area contributed by atoms with Gasteiger partial charge in [-0.2, -0.15) is 0 Å². The van der Waals surface area contributed by atoms with Crippen molar-refractivity contribution in [1.82, 2.24) is 4.90 Å². The highest BCUT2D eigenvalue weighted by Crippen LogP contribution is 2.64. The van der Waals surface area contributed by atoms with E-state index in [2.05, 4.69) is 38.7 Å². The van der Waals surface area contributed by atoms with Crippen LogP contribution in [0.1, 0.15) is 98.3 Å². The minimum atomic E-state index is -0.0564. The van der Waals surface area contributed by atoms with Crippen LogP contribution in [0.2, 0.25) is 0 Å². The van der Waals surface area contributed by atoms with Crippen molar-refractivity contribution in [3.8, 4) is 0 Å². The average molecular weight is 456 g/mol. The fraction of sp³-hybridized carbons (Fsp3) is 0.862. The van der Waals surface area contributed by atoms with Gasteiger partial charge in [0.05, 0.1) is 6.42 Å². The Hall–Kier alpha value is -1.16. The number of carbonyl (C=O) groups is 2. The van der Waals surface area contributed by atoms with Gasteiger partial charge in [0, 0.05) is 31.3 Å². The molecule has 0 aromatic carbocycles. The highest BCUT2D eigenvalue weighted by molar-refractivity contribution is 5.87. The number of hydrogen-bond donors (Lipinski definition) is 0. The van der Waals surface area contributed by atoms with E-state index < -0.39 is 0 Å². The molecule has 0 unspecified atom stereocenters. The van der Waals surface area contributed by atoms with Crippen molar-refractivity contribution in [2.24, 2.45) is 34.0 Å². The summed E-state index contributed by atoms with van der Waals surface area (Å²) in [5.74, 6) is 2.44. The van der Waals surface area contributed by atoms with Crippen molar-refractivity contribution in [1.29, 1.82) is 0 Å². The van der Waals surface area contributed by atoms with E-state index in [9.17, 15) is 9.59 Å². The number of likely N-dealkylation sites (tertiary alicyclic amines) is 1. The Bertz CT molecular complexity index is 831. The molecule has 0 spiro atoms. The second kappa shape index (κ2) is 8.50. The highest BCUT2D eigenvalue weighted by Gasteiger charge is 2.58. The summed E-state index contributed by atoms with van der Waals surface area (Å²) >= 11 is 0. The van der Waals surface area contributed by atoms with Crippen LogP contribution in [-0.4, -0.2) is 42.4 Å². The van der Waals surface area contributed by atoms with Crippen LogP contribution in [0, 0.1) is 34.0 Å². The Morgan fingerprint density at radius 2 is 1.82 bits per heavy atom. The first kappa shape index (κ1) is 23.6. The normalized spacial score (nSPS) is 42.7. The van der Waals surface area contributed by atoms with E-state index in [4.69, 9.17) is 4.74 Å². The Morgan fingerprint density at radius 3 is 2.61 bits per heavy atom. The maximum Gasteiger partial charge on any atom is 0.307 e. The van der Waals surface area contributed by atoms with Crippen molar-refractivity contribution in [2.45, 2.75) is 104 Å². The van der Waals surface area contributed by atoms with Crippen LogP contribution in [0.25, 0.3) is 0 Å². The molecule has 6 atom stereocenters. The first-order valence-corrected chi connectivity index (χ1v) is 13.8. The molecule has 5 rings (SSSR count). The zero-order chi connectivity index (χ0) is 23.4. The lowest BCUT2D eigenvalue weighted by molar-refractivity contribution is -0.152. The molecular weight excluding hydrogens is 410 g/mol. The van der Waals surface area contributed by atoms with E-state index in [0.29, 0.717) is 35.4 Å². The molecule has 4 nitrogen and oxygen atoms in total. The number of fused-ring (bicyclic) bond motifs is 5. The fourth-order valence-electron chi connectivity index (χ4n) is 8.73. The minimum Gasteiger partial charge on any atom is -0.462 e. The van der Waals surface area contributed by atoms with Gasteiger partial charge in [-0.15, -0.1) is 0 Å². The number of nitrogens with zero attached hydrogens (tertiary/aromatic N) is 1. The highest BCUT2D eigenvalue weighted by atomic mass is 16.5. The van der Waals surface area contributed by atoms with Gasteiger partial charge in [0.25, 0.3) is 0 Å². The number of carbonyl (C=O) groups excluding carboxylic acids is 2. The molecule has 0 amide bonds. The second-order valence-corrected chi connectivity index (χ2v) is 13.3. The standard InChI is InChI=1S/C29H45NO3/c1-27(2)13-5-16-30(19-27)17-12-26(32)33-21-10-14-28(3)20(18-21)6-7-22-23-8-9-25(31)29(23,4)15-11-24(22)28/h6,21-24H,5,7-19H2,1-4H3/t21-,22+,23-,24+,28-,29-/m0/s1. The first-order chi connectivity index (χ1) is 15.6. The molecule has 4 aliphatic carbocycles. The van der Waals surface area contributed by atoms with Crippen LogP contribution < -0.4 is 0 Å². The lowest BCUT2D eigenvalue weighted by atomic mass is 9.48. The summed E-state index contributed by atoms with van der Waals surface area (Å²) in [7, 11) is 0. The molecule has 4 heteroatoms. The summed E-state index contributed by atoms with van der Waals surface area (Å²) in [6, 6.07) is 0. The van der Waals surface area contributed by atoms with E-state index in [1.165, 1.54) is 19.3 Å². The van der Waals surface area contributed by atoms with Crippen LogP contribution in [0.15, 0.2) is 11.6 Å². The second-order valence-electron chi connectivity index (χ2n) is 13.3. The molecule has 0 aromatic heterocycles. The van der Waals surface area contributed by atoms with Crippen molar-refractivity contribution >= 4 is 11.8 Å². The van der Waals surface area contributed by atoms with Crippen LogP contribution in [-0.2, 0) is 14.3 Å². The third-order valence-electron chi connectivity index (χ3n) is 10.7. The molecule has 184 valence electrons. The number of esters is 1. The quantitative estimate of drug-likeness (QED) is 0.389. The van der Waals surface area contributed by atoms with E-state index >= 15 is 0 Å². The zero-order valence-electron chi connectivity index (χ0n) is 21.5. The van der Waals surface area contributed by atoms with Crippen molar-refractivity contribution in [3.05, 3.63) is 11.6 Å². The Kier molecular flexibility index (Phi) is 6.07. The number of allylic oxidation sites excluding steroid dienone is 1. The van der Waals surface area contributed by atoms with E-state index in [1.54, 1.807) is 5.57 Å². The third kappa shape index (κ3) is 4.23. The molecule has 1 heterocycles. The van der Waals surface area contributed by atoms with E-state index in [-0.39, 0.29) is 22.9 Å². The molecule has 5 aliphatic rings. The first-order valence-electron chi connectivity index (χ1n) is 13.8. The van der Waals surface area contributed by atoms with Gasteiger partial charge < -0.3 is 9.64 Å². The summed E-state index contributed by atoms with van der Waals surface area (Å²) in [5, 5.41) is 0. The predicted octanol–water partition coefficient (Wildman–Crippen LogP) is 5.94. The monoisotopic (exact) mass is 455 g/mol. The predicted molar refractivity (Wildman–Crippen MR) is 131 cm³/mol. The van der Waals surface area contributed by atoms with E-state index in [0.717, 1.165) is 64.6 Å². The Labute approximate surface area is 200 Å². The molecule has 1 saturated heterocycles. The lowest BCUT2D eigenvalue weighted by Gasteiger charge is -2.56. The Morgan fingerprint density at radius 1 is 1.06 bits per heavy atom. The van der Waals surface area contributed by atoms with Crippen LogP contribution >= 0.6 is 0 Å². The SMILES string of the molecule is CC1(C)CCCN(CCC(=O)O[C@H]2CC[C@@]3(C)C(=CC[C@H]4[C@H]3CC[C@]3(C)C(=O)CC[C@@H]43)C2)C1. The van der Waals surface area contributed by atoms with Gasteiger partial charge in [0.15, 0.2) is 0 Å². The van der Waals surface area contributed by atoms with Crippen LogP contribution in [0.5, 0.6) is 0 Å². The lowest BCUT2D eigenvalue weighted by Crippen LogP contribution is -2.50. The molecule has 33 heavy (non-hydrogen) atoms. The number of ether oxygens (including phenoxy) is 1. The molecule has 0 aromatic rings. The van der Waals surface area contributed by atoms with Crippen LogP contribution in [0.4, 0.5) is 0 Å². The molecule has 3 saturated carbocycles. The maximum atomic E-state index is 12.7. The van der Waals surface area contributed by atoms with Crippen LogP contribution in [0.3, 0.4) is 0 Å². The summed E-state index contributed by atoms with van der Waals surface area (Å²) in [4.78, 5) is 27.7. The van der Waals surface area contributed by atoms with Gasteiger partial charge in [-0.05, 0) is 86.5 Å². The molecule has 0 bridgehead atoms. The summed E-state index contributed by atoms with van der Waals surface area (Å²) in [5.41, 5.74) is 2.08. The average Bonchev–Trinajstić information content (AvgIpc) is 3.06. The largest absolute Gasteiger partial charge is 0.462 e. The van der Waals surface area contributed by atoms with Gasteiger partial charge in [0.2, 0.25) is 0 Å². The number of piperidine rings is 1. The number of Topliss-reactive ketones (excluding diaryl/α,β-unsaturated/α-hetero) is 1. The third-order valence-corrected chi connectivity index (χ3v) is 10.7. The molecule has 1 aliphatic heterocycles. The van der Waals surface area contributed by atoms with Gasteiger partial charge in [-0.3, -0.25) is 9.59 Å². The molecule has 0 N–H and O–H groups in total. The maximum absolute atomic E-state index is 12.7. The number of ketones is 1. The van der Waals surface area contributed by atoms with Gasteiger partial charge in [-0.1, -0.05) is 39.3 Å². The Balaban J connectivity index is 1.18. The van der Waals surface area contributed by atoms with Crippen molar-refractivity contribution in [2.75, 3.05) is 19.6 Å². The molecular formula is C29H45NO3. The summed E-state index contributed by atoms with van der Waals surface area (Å²) in [6.45, 7) is 12.4. The molecule has 4 fully saturated rings. The number of hydrogen-bond acceptors (Lipinski definition) is 4. The van der Waals surface area contributed by atoms with Crippen molar-refractivity contribution in [3.63, 3.8) is 0 Å². The fourth-order valence-corrected chi connectivity index (χ4v) is 8.73. The van der Waals surface area contributed by atoms with Gasteiger partial charge in [-0.25, -0.2) is 0 Å². The topological polar surface area (TPSA) is 46.6 Å². The van der Waals surface area contributed by atoms with Gasteiger partial charge >= 0.3 is 5.97 Å². The summed E-state index contributed by atoms with van der Waals surface area (Å²) in [6.07, 6.45) is 13.9. The zero-order valence-corrected chi connectivity index (χ0v) is 21.5.